The highest BCUT2D eigenvalue weighted by molar-refractivity contribution is 6.30. The van der Waals surface area contributed by atoms with Crippen molar-refractivity contribution in [1.29, 1.82) is 0 Å². The van der Waals surface area contributed by atoms with Crippen LogP contribution in [0.15, 0.2) is 47.8 Å². The number of hydrogen-bond donors (Lipinski definition) is 3. The van der Waals surface area contributed by atoms with Gasteiger partial charge in [0.1, 0.15) is 5.82 Å². The molecule has 2 amide bonds. The minimum Gasteiger partial charge on any atom is -0.330 e. The highest BCUT2D eigenvalue weighted by Crippen LogP contribution is 2.36. The molecule has 0 bridgehead atoms. The van der Waals surface area contributed by atoms with Gasteiger partial charge >= 0.3 is 0 Å². The van der Waals surface area contributed by atoms with E-state index in [1.165, 1.54) is 12.1 Å². The zero-order valence-electron chi connectivity index (χ0n) is 15.8. The summed E-state index contributed by atoms with van der Waals surface area (Å²) in [5.41, 5.74) is 3.39. The fourth-order valence-electron chi connectivity index (χ4n) is 3.76. The van der Waals surface area contributed by atoms with Gasteiger partial charge in [0.15, 0.2) is 0 Å². The fourth-order valence-corrected chi connectivity index (χ4v) is 3.92. The molecule has 1 unspecified atom stereocenters. The molecule has 0 spiro atoms. The molecule has 0 aliphatic carbocycles. The Morgan fingerprint density at radius 3 is 2.83 bits per heavy atom. The lowest BCUT2D eigenvalue weighted by atomic mass is 9.83. The smallest absolute Gasteiger partial charge is 0.253 e. The van der Waals surface area contributed by atoms with Crippen LogP contribution in [0.1, 0.15) is 30.4 Å². The first-order valence-electron chi connectivity index (χ1n) is 9.04. The van der Waals surface area contributed by atoms with Crippen LogP contribution in [-0.4, -0.2) is 22.0 Å². The molecule has 0 saturated carbocycles. The van der Waals surface area contributed by atoms with E-state index in [-0.39, 0.29) is 22.9 Å². The molecule has 0 fully saturated rings. The van der Waals surface area contributed by atoms with Crippen LogP contribution in [0.4, 0.5) is 10.1 Å². The van der Waals surface area contributed by atoms with Crippen LogP contribution < -0.4 is 10.6 Å². The summed E-state index contributed by atoms with van der Waals surface area (Å²) in [5.74, 6) is -1.93. The number of carbonyl (C=O) groups excluding carboxylic acids is 2. The zero-order chi connectivity index (χ0) is 20.7. The lowest BCUT2D eigenvalue weighted by molar-refractivity contribution is -0.121. The molecule has 1 aliphatic heterocycles. The number of nitrogens with zero attached hydrogens (tertiary/aromatic N) is 1. The number of halogens is 2. The normalized spacial score (nSPS) is 16.8. The number of aromatic amines is 1. The van der Waals surface area contributed by atoms with Gasteiger partial charge in [-0.25, -0.2) is 4.39 Å². The summed E-state index contributed by atoms with van der Waals surface area (Å²) in [4.78, 5) is 25.2. The van der Waals surface area contributed by atoms with Crippen molar-refractivity contribution >= 4 is 40.0 Å². The maximum atomic E-state index is 14.6. The molecule has 1 atom stereocenters. The van der Waals surface area contributed by atoms with E-state index in [4.69, 9.17) is 11.6 Å². The van der Waals surface area contributed by atoms with Gasteiger partial charge in [-0.05, 0) is 49.2 Å². The van der Waals surface area contributed by atoms with Crippen LogP contribution in [0.5, 0.6) is 0 Å². The predicted molar refractivity (Wildman–Crippen MR) is 109 cm³/mol. The van der Waals surface area contributed by atoms with Gasteiger partial charge in [0.05, 0.1) is 11.7 Å². The number of aryl methyl sites for hydroxylation is 1. The first-order chi connectivity index (χ1) is 13.8. The molecule has 0 radical (unpaired) electrons. The molecule has 29 heavy (non-hydrogen) atoms. The number of carbonyl (C=O) groups is 2. The van der Waals surface area contributed by atoms with E-state index in [9.17, 15) is 14.0 Å². The first-order valence-corrected chi connectivity index (χ1v) is 9.42. The van der Waals surface area contributed by atoms with Crippen molar-refractivity contribution in [2.45, 2.75) is 26.2 Å². The van der Waals surface area contributed by atoms with Crippen molar-refractivity contribution < 1.29 is 14.0 Å². The van der Waals surface area contributed by atoms with Crippen LogP contribution in [0, 0.1) is 12.7 Å². The number of anilines is 1. The average Bonchev–Trinajstić information content (AvgIpc) is 3.10. The molecule has 4 rings (SSSR count). The standard InChI is InChI=1S/C21H18ClFN4O2/c1-10-5-14(6-12-9-24-27-20(10)12)26-21(29)19-11(2)25-18(28)8-16(19)15-4-3-13(22)7-17(15)23/h3-7,9,16H,8H2,1-2H3,(H,24,27)(H,25,28)(H,26,29). The van der Waals surface area contributed by atoms with E-state index in [0.717, 1.165) is 16.5 Å². The highest BCUT2D eigenvalue weighted by Gasteiger charge is 2.33. The van der Waals surface area contributed by atoms with Crippen molar-refractivity contribution in [1.82, 2.24) is 15.5 Å². The minimum atomic E-state index is -0.709. The Morgan fingerprint density at radius 2 is 2.07 bits per heavy atom. The lowest BCUT2D eigenvalue weighted by Gasteiger charge is -2.27. The van der Waals surface area contributed by atoms with Gasteiger partial charge in [-0.3, -0.25) is 14.7 Å². The molecule has 2 heterocycles. The van der Waals surface area contributed by atoms with Crippen molar-refractivity contribution in [2.24, 2.45) is 0 Å². The third-order valence-corrected chi connectivity index (χ3v) is 5.29. The minimum absolute atomic E-state index is 0.0293. The van der Waals surface area contributed by atoms with Gasteiger partial charge in [-0.15, -0.1) is 0 Å². The third-order valence-electron chi connectivity index (χ3n) is 5.06. The topological polar surface area (TPSA) is 86.9 Å². The second kappa shape index (κ2) is 7.33. The molecule has 148 valence electrons. The number of benzene rings is 2. The summed E-state index contributed by atoms with van der Waals surface area (Å²) >= 11 is 5.85. The van der Waals surface area contributed by atoms with Crippen LogP contribution in [-0.2, 0) is 9.59 Å². The third kappa shape index (κ3) is 3.61. The molecule has 0 saturated heterocycles. The van der Waals surface area contributed by atoms with Gasteiger partial charge < -0.3 is 10.6 Å². The number of rotatable bonds is 3. The van der Waals surface area contributed by atoms with Crippen LogP contribution in [0.3, 0.4) is 0 Å². The maximum absolute atomic E-state index is 14.6. The van der Waals surface area contributed by atoms with Crippen LogP contribution in [0.2, 0.25) is 5.02 Å². The summed E-state index contributed by atoms with van der Waals surface area (Å²) in [6, 6.07) is 7.88. The molecular formula is C21H18ClFN4O2. The Balaban J connectivity index is 1.71. The van der Waals surface area contributed by atoms with E-state index < -0.39 is 17.6 Å². The van der Waals surface area contributed by atoms with E-state index in [2.05, 4.69) is 20.8 Å². The van der Waals surface area contributed by atoms with E-state index >= 15 is 0 Å². The SMILES string of the molecule is CC1=C(C(=O)Nc2cc(C)c3[nH]ncc3c2)C(c2ccc(Cl)cc2F)CC(=O)N1. The number of amides is 2. The number of allylic oxidation sites excluding steroid dienone is 1. The van der Waals surface area contributed by atoms with E-state index in [1.54, 1.807) is 25.3 Å². The number of fused-ring (bicyclic) bond motifs is 1. The first kappa shape index (κ1) is 19.1. The Bertz CT molecular complexity index is 1180. The van der Waals surface area contributed by atoms with Crippen molar-refractivity contribution in [3.63, 3.8) is 0 Å². The Labute approximate surface area is 171 Å². The molecule has 3 aromatic rings. The highest BCUT2D eigenvalue weighted by atomic mass is 35.5. The van der Waals surface area contributed by atoms with Crippen molar-refractivity contribution in [3.8, 4) is 0 Å². The van der Waals surface area contributed by atoms with Gasteiger partial charge in [-0.1, -0.05) is 17.7 Å². The fraction of sp³-hybridized carbons (Fsp3) is 0.190. The van der Waals surface area contributed by atoms with Gasteiger partial charge in [0.25, 0.3) is 5.91 Å². The van der Waals surface area contributed by atoms with Crippen LogP contribution in [0.25, 0.3) is 10.9 Å². The molecule has 6 nitrogen and oxygen atoms in total. The molecule has 1 aliphatic rings. The summed E-state index contributed by atoms with van der Waals surface area (Å²) < 4.78 is 14.6. The number of hydrogen-bond acceptors (Lipinski definition) is 3. The number of H-pyrrole nitrogens is 1. The summed E-state index contributed by atoms with van der Waals surface area (Å²) in [6.45, 7) is 3.55. The molecule has 1 aromatic heterocycles. The molecule has 3 N–H and O–H groups in total. The van der Waals surface area contributed by atoms with E-state index in [0.29, 0.717) is 17.0 Å². The molecule has 2 aromatic carbocycles. The van der Waals surface area contributed by atoms with Gasteiger partial charge in [-0.2, -0.15) is 5.10 Å². The number of aromatic nitrogens is 2. The quantitative estimate of drug-likeness (QED) is 0.603. The summed E-state index contributed by atoms with van der Waals surface area (Å²) in [5, 5.41) is 13.6. The Hall–Kier alpha value is -3.19. The average molecular weight is 413 g/mol. The van der Waals surface area contributed by atoms with Crippen molar-refractivity contribution in [2.75, 3.05) is 5.32 Å². The van der Waals surface area contributed by atoms with Crippen molar-refractivity contribution in [3.05, 3.63) is 69.8 Å². The maximum Gasteiger partial charge on any atom is 0.253 e. The lowest BCUT2D eigenvalue weighted by Crippen LogP contribution is -2.35. The largest absolute Gasteiger partial charge is 0.330 e. The zero-order valence-corrected chi connectivity index (χ0v) is 16.5. The summed E-state index contributed by atoms with van der Waals surface area (Å²) in [7, 11) is 0. The van der Waals surface area contributed by atoms with Gasteiger partial charge in [0, 0.05) is 39.7 Å². The monoisotopic (exact) mass is 412 g/mol. The van der Waals surface area contributed by atoms with Crippen LogP contribution >= 0.6 is 11.6 Å². The van der Waals surface area contributed by atoms with Gasteiger partial charge in [0.2, 0.25) is 5.91 Å². The second-order valence-electron chi connectivity index (χ2n) is 7.09. The number of nitrogens with one attached hydrogen (secondary N) is 3. The second-order valence-corrected chi connectivity index (χ2v) is 7.53. The Morgan fingerprint density at radius 1 is 1.28 bits per heavy atom. The molecule has 8 heteroatoms. The summed E-state index contributed by atoms with van der Waals surface area (Å²) in [6.07, 6.45) is 1.65. The molecular weight excluding hydrogens is 395 g/mol. The predicted octanol–water partition coefficient (Wildman–Crippen LogP) is 4.18. The van der Waals surface area contributed by atoms with E-state index in [1.807, 2.05) is 13.0 Å². The Kier molecular flexibility index (Phi) is 4.84.